The highest BCUT2D eigenvalue weighted by molar-refractivity contribution is 5.68. The minimum absolute atomic E-state index is 0.102. The number of aromatic nitrogens is 1. The van der Waals surface area contributed by atoms with Crippen LogP contribution < -0.4 is 0 Å². The predicted octanol–water partition coefficient (Wildman–Crippen LogP) is 0.785. The summed E-state index contributed by atoms with van der Waals surface area (Å²) in [5, 5.41) is 8.88. The van der Waals surface area contributed by atoms with Crippen molar-refractivity contribution in [3.63, 3.8) is 0 Å². The first-order chi connectivity index (χ1) is 7.79. The second-order valence-corrected chi connectivity index (χ2v) is 3.75. The average molecular weight is 222 g/mol. The Hall–Kier alpha value is -1.62. The molecule has 86 valence electrons. The number of aliphatic hydroxyl groups excluding tert-OH is 1. The van der Waals surface area contributed by atoms with Crippen LogP contribution in [-0.2, 0) is 11.3 Å². The summed E-state index contributed by atoms with van der Waals surface area (Å²) in [6.07, 6.45) is 3.36. The highest BCUT2D eigenvalue weighted by Gasteiger charge is 2.26. The highest BCUT2D eigenvalue weighted by atomic mass is 16.6. The normalized spacial score (nSPS) is 20.7. The number of hydrogen-bond donors (Lipinski definition) is 1. The molecule has 1 amide bonds. The van der Waals surface area contributed by atoms with Crippen LogP contribution in [0.4, 0.5) is 4.79 Å². The van der Waals surface area contributed by atoms with E-state index in [0.717, 1.165) is 5.56 Å². The minimum atomic E-state index is -0.359. The largest absolute Gasteiger partial charge is 0.444 e. The number of amides is 1. The van der Waals surface area contributed by atoms with Gasteiger partial charge in [-0.15, -0.1) is 0 Å². The molecule has 1 aromatic rings. The summed E-state index contributed by atoms with van der Waals surface area (Å²) >= 11 is 0. The molecule has 1 saturated heterocycles. The first kappa shape index (κ1) is 10.9. The van der Waals surface area contributed by atoms with Crippen LogP contribution in [0.2, 0.25) is 0 Å². The molecule has 1 aromatic heterocycles. The van der Waals surface area contributed by atoms with Crippen molar-refractivity contribution in [2.24, 2.45) is 0 Å². The third kappa shape index (κ3) is 2.49. The molecule has 1 N–H and O–H groups in total. The summed E-state index contributed by atoms with van der Waals surface area (Å²) in [7, 11) is 0. The summed E-state index contributed by atoms with van der Waals surface area (Å²) in [6.45, 7) is 1.04. The second kappa shape index (κ2) is 4.94. The van der Waals surface area contributed by atoms with Crippen LogP contribution in [0.3, 0.4) is 0 Å². The number of hydrogen-bond acceptors (Lipinski definition) is 4. The third-order valence-corrected chi connectivity index (χ3v) is 2.57. The average Bonchev–Trinajstić information content (AvgIpc) is 2.33. The quantitative estimate of drug-likeness (QED) is 0.821. The molecule has 2 rings (SSSR count). The van der Waals surface area contributed by atoms with Crippen molar-refractivity contribution >= 4 is 6.09 Å². The van der Waals surface area contributed by atoms with Crippen LogP contribution >= 0.6 is 0 Å². The van der Waals surface area contributed by atoms with Gasteiger partial charge in [-0.25, -0.2) is 4.79 Å². The maximum Gasteiger partial charge on any atom is 0.410 e. The van der Waals surface area contributed by atoms with Gasteiger partial charge in [0.15, 0.2) is 0 Å². The van der Waals surface area contributed by atoms with E-state index in [1.165, 1.54) is 0 Å². The lowest BCUT2D eigenvalue weighted by Crippen LogP contribution is -2.42. The molecule has 0 saturated carbocycles. The number of cyclic esters (lactones) is 1. The first-order valence-corrected chi connectivity index (χ1v) is 5.25. The number of ether oxygens (including phenoxy) is 1. The molecule has 0 bridgehead atoms. The maximum absolute atomic E-state index is 11.5. The lowest BCUT2D eigenvalue weighted by molar-refractivity contribution is -0.00296. The van der Waals surface area contributed by atoms with Gasteiger partial charge in [0.05, 0.1) is 6.61 Å². The van der Waals surface area contributed by atoms with Gasteiger partial charge in [-0.1, -0.05) is 0 Å². The Labute approximate surface area is 93.7 Å². The van der Waals surface area contributed by atoms with Crippen LogP contribution in [0, 0.1) is 0 Å². The molecule has 0 spiro atoms. The number of nitrogens with zero attached hydrogens (tertiary/aromatic N) is 2. The Kier molecular flexibility index (Phi) is 3.36. The van der Waals surface area contributed by atoms with Crippen LogP contribution in [0.1, 0.15) is 12.0 Å². The molecule has 1 aliphatic heterocycles. The van der Waals surface area contributed by atoms with Gasteiger partial charge in [0.25, 0.3) is 0 Å². The molecule has 2 heterocycles. The Morgan fingerprint density at radius 1 is 1.50 bits per heavy atom. The molecule has 0 radical (unpaired) electrons. The van der Waals surface area contributed by atoms with Gasteiger partial charge >= 0.3 is 6.09 Å². The molecule has 1 unspecified atom stereocenters. The van der Waals surface area contributed by atoms with E-state index >= 15 is 0 Å². The number of aliphatic hydroxyl groups is 1. The fourth-order valence-corrected chi connectivity index (χ4v) is 1.65. The van der Waals surface area contributed by atoms with Crippen molar-refractivity contribution in [1.29, 1.82) is 0 Å². The van der Waals surface area contributed by atoms with E-state index in [4.69, 9.17) is 9.84 Å². The zero-order chi connectivity index (χ0) is 11.4. The first-order valence-electron chi connectivity index (χ1n) is 5.25. The van der Waals surface area contributed by atoms with Gasteiger partial charge in [-0.2, -0.15) is 0 Å². The third-order valence-electron chi connectivity index (χ3n) is 2.57. The number of carbonyl (C=O) groups is 1. The molecule has 5 heteroatoms. The van der Waals surface area contributed by atoms with Crippen LogP contribution in [0.15, 0.2) is 24.5 Å². The van der Waals surface area contributed by atoms with Crippen molar-refractivity contribution in [2.45, 2.75) is 19.1 Å². The van der Waals surface area contributed by atoms with E-state index in [1.807, 2.05) is 12.1 Å². The van der Waals surface area contributed by atoms with E-state index < -0.39 is 0 Å². The Balaban J connectivity index is 1.94. The predicted molar refractivity (Wildman–Crippen MR) is 56.6 cm³/mol. The topological polar surface area (TPSA) is 62.7 Å². The molecular formula is C11H14N2O3. The molecule has 1 fully saturated rings. The molecule has 0 aliphatic carbocycles. The summed E-state index contributed by atoms with van der Waals surface area (Å²) in [6, 6.07) is 3.73. The SMILES string of the molecule is O=C1OC(CO)CCN1Cc1ccncc1. The Bertz CT molecular complexity index is 356. The van der Waals surface area contributed by atoms with E-state index in [2.05, 4.69) is 4.98 Å². The lowest BCUT2D eigenvalue weighted by atomic mass is 10.2. The van der Waals surface area contributed by atoms with E-state index in [-0.39, 0.29) is 18.8 Å². The fraction of sp³-hybridized carbons (Fsp3) is 0.455. The number of pyridine rings is 1. The van der Waals surface area contributed by atoms with Crippen molar-refractivity contribution < 1.29 is 14.6 Å². The Morgan fingerprint density at radius 3 is 2.88 bits per heavy atom. The standard InChI is InChI=1S/C11H14N2O3/c14-8-10-3-6-13(11(15)16-10)7-9-1-4-12-5-2-9/h1-2,4-5,10,14H,3,6-8H2. The van der Waals surface area contributed by atoms with Crippen LogP contribution in [-0.4, -0.2) is 40.3 Å². The molecule has 1 atom stereocenters. The fourth-order valence-electron chi connectivity index (χ4n) is 1.65. The van der Waals surface area contributed by atoms with E-state index in [0.29, 0.717) is 19.5 Å². The zero-order valence-electron chi connectivity index (χ0n) is 8.87. The molecule has 16 heavy (non-hydrogen) atoms. The highest BCUT2D eigenvalue weighted by Crippen LogP contribution is 2.14. The van der Waals surface area contributed by atoms with Gasteiger partial charge in [0.1, 0.15) is 6.10 Å². The van der Waals surface area contributed by atoms with Gasteiger partial charge < -0.3 is 14.7 Å². The van der Waals surface area contributed by atoms with Crippen LogP contribution in [0.25, 0.3) is 0 Å². The zero-order valence-corrected chi connectivity index (χ0v) is 8.87. The molecule has 5 nitrogen and oxygen atoms in total. The van der Waals surface area contributed by atoms with Crippen molar-refractivity contribution in [3.8, 4) is 0 Å². The monoisotopic (exact) mass is 222 g/mol. The minimum Gasteiger partial charge on any atom is -0.444 e. The van der Waals surface area contributed by atoms with Gasteiger partial charge in [-0.3, -0.25) is 4.98 Å². The summed E-state index contributed by atoms with van der Waals surface area (Å²) in [5.41, 5.74) is 1.02. The lowest BCUT2D eigenvalue weighted by Gasteiger charge is -2.30. The van der Waals surface area contributed by atoms with Crippen molar-refractivity contribution in [2.75, 3.05) is 13.2 Å². The van der Waals surface area contributed by atoms with Gasteiger partial charge in [0, 0.05) is 31.9 Å². The Morgan fingerprint density at radius 2 is 2.25 bits per heavy atom. The van der Waals surface area contributed by atoms with E-state index in [9.17, 15) is 4.79 Å². The van der Waals surface area contributed by atoms with Crippen molar-refractivity contribution in [1.82, 2.24) is 9.88 Å². The molecule has 0 aromatic carbocycles. The van der Waals surface area contributed by atoms with Crippen LogP contribution in [0.5, 0.6) is 0 Å². The molecular weight excluding hydrogens is 208 g/mol. The van der Waals surface area contributed by atoms with E-state index in [1.54, 1.807) is 17.3 Å². The molecule has 1 aliphatic rings. The van der Waals surface area contributed by atoms with Gasteiger partial charge in [-0.05, 0) is 17.7 Å². The summed E-state index contributed by atoms with van der Waals surface area (Å²) < 4.78 is 5.04. The smallest absolute Gasteiger partial charge is 0.410 e. The second-order valence-electron chi connectivity index (χ2n) is 3.75. The number of carbonyl (C=O) groups excluding carboxylic acids is 1. The number of rotatable bonds is 3. The summed E-state index contributed by atoms with van der Waals surface area (Å²) in [4.78, 5) is 17.1. The van der Waals surface area contributed by atoms with Gasteiger partial charge in [0.2, 0.25) is 0 Å². The van der Waals surface area contributed by atoms with Crippen molar-refractivity contribution in [3.05, 3.63) is 30.1 Å². The maximum atomic E-state index is 11.5. The summed E-state index contributed by atoms with van der Waals surface area (Å²) in [5.74, 6) is 0.